The van der Waals surface area contributed by atoms with Gasteiger partial charge in [0.1, 0.15) is 6.61 Å². The van der Waals surface area contributed by atoms with Crippen LogP contribution in [0.2, 0.25) is 0 Å². The summed E-state index contributed by atoms with van der Waals surface area (Å²) in [7, 11) is 0. The fourth-order valence-electron chi connectivity index (χ4n) is 2.24. The SMILES string of the molecule is O=C(OCc1ccccc1)c1ccc2c(ccn2C(=O)O)c1. The molecular weight excluding hydrogens is 282 g/mol. The number of carboxylic acid groups (broad SMARTS) is 1. The first kappa shape index (κ1) is 13.9. The van der Waals surface area contributed by atoms with Crippen LogP contribution in [0.5, 0.6) is 0 Å². The van der Waals surface area contributed by atoms with Crippen LogP contribution < -0.4 is 0 Å². The molecule has 0 atom stereocenters. The Kier molecular flexibility index (Phi) is 3.62. The Bertz CT molecular complexity index is 836. The van der Waals surface area contributed by atoms with Crippen molar-refractivity contribution in [1.82, 2.24) is 4.57 Å². The number of carbonyl (C=O) groups excluding carboxylic acids is 1. The lowest BCUT2D eigenvalue weighted by Crippen LogP contribution is -2.07. The first-order chi connectivity index (χ1) is 10.6. The Morgan fingerprint density at radius 3 is 2.55 bits per heavy atom. The molecule has 5 heteroatoms. The van der Waals surface area contributed by atoms with Gasteiger partial charge < -0.3 is 9.84 Å². The van der Waals surface area contributed by atoms with Crippen LogP contribution in [-0.4, -0.2) is 21.7 Å². The first-order valence-electron chi connectivity index (χ1n) is 6.70. The zero-order valence-electron chi connectivity index (χ0n) is 11.6. The summed E-state index contributed by atoms with van der Waals surface area (Å²) in [5, 5.41) is 9.71. The van der Waals surface area contributed by atoms with Gasteiger partial charge in [-0.1, -0.05) is 30.3 Å². The second-order valence-electron chi connectivity index (χ2n) is 4.80. The Morgan fingerprint density at radius 1 is 1.05 bits per heavy atom. The van der Waals surface area contributed by atoms with E-state index in [2.05, 4.69) is 0 Å². The van der Waals surface area contributed by atoms with Crippen LogP contribution in [0.25, 0.3) is 10.9 Å². The van der Waals surface area contributed by atoms with Crippen LogP contribution in [0.4, 0.5) is 4.79 Å². The molecule has 0 unspecified atom stereocenters. The summed E-state index contributed by atoms with van der Waals surface area (Å²) < 4.78 is 6.36. The van der Waals surface area contributed by atoms with E-state index in [9.17, 15) is 9.59 Å². The average molecular weight is 295 g/mol. The minimum absolute atomic E-state index is 0.202. The van der Waals surface area contributed by atoms with Gasteiger partial charge in [-0.15, -0.1) is 0 Å². The van der Waals surface area contributed by atoms with Crippen molar-refractivity contribution in [3.63, 3.8) is 0 Å². The molecule has 0 saturated carbocycles. The number of esters is 1. The number of benzene rings is 2. The topological polar surface area (TPSA) is 68.5 Å². The maximum atomic E-state index is 12.1. The van der Waals surface area contributed by atoms with Crippen molar-refractivity contribution < 1.29 is 19.4 Å². The summed E-state index contributed by atoms with van der Waals surface area (Å²) in [6.45, 7) is 0.202. The van der Waals surface area contributed by atoms with Crippen molar-refractivity contribution in [3.05, 3.63) is 71.9 Å². The van der Waals surface area contributed by atoms with E-state index in [-0.39, 0.29) is 6.61 Å². The lowest BCUT2D eigenvalue weighted by Gasteiger charge is -2.05. The van der Waals surface area contributed by atoms with Crippen LogP contribution in [0, 0.1) is 0 Å². The van der Waals surface area contributed by atoms with E-state index in [1.165, 1.54) is 6.20 Å². The highest BCUT2D eigenvalue weighted by Crippen LogP contribution is 2.18. The second kappa shape index (κ2) is 5.73. The van der Waals surface area contributed by atoms with Crippen molar-refractivity contribution in [2.75, 3.05) is 0 Å². The maximum Gasteiger partial charge on any atom is 0.415 e. The number of ether oxygens (including phenoxy) is 1. The molecular formula is C17H13NO4. The fourth-order valence-corrected chi connectivity index (χ4v) is 2.24. The number of aromatic nitrogens is 1. The lowest BCUT2D eigenvalue weighted by atomic mass is 10.1. The third kappa shape index (κ3) is 2.69. The number of fused-ring (bicyclic) bond motifs is 1. The zero-order chi connectivity index (χ0) is 15.5. The lowest BCUT2D eigenvalue weighted by molar-refractivity contribution is 0.0473. The molecule has 0 aliphatic carbocycles. The van der Waals surface area contributed by atoms with E-state index in [4.69, 9.17) is 9.84 Å². The van der Waals surface area contributed by atoms with Crippen LogP contribution in [0.15, 0.2) is 60.8 Å². The van der Waals surface area contributed by atoms with Crippen molar-refractivity contribution in [3.8, 4) is 0 Å². The fraction of sp³-hybridized carbons (Fsp3) is 0.0588. The molecule has 1 N–H and O–H groups in total. The maximum absolute atomic E-state index is 12.1. The number of hydrogen-bond acceptors (Lipinski definition) is 3. The van der Waals surface area contributed by atoms with Crippen molar-refractivity contribution in [2.45, 2.75) is 6.61 Å². The van der Waals surface area contributed by atoms with Gasteiger partial charge in [0, 0.05) is 11.6 Å². The van der Waals surface area contributed by atoms with Gasteiger partial charge in [0.05, 0.1) is 11.1 Å². The molecule has 0 aliphatic heterocycles. The summed E-state index contributed by atoms with van der Waals surface area (Å²) in [6, 6.07) is 15.9. The van der Waals surface area contributed by atoms with Gasteiger partial charge in [0.2, 0.25) is 0 Å². The van der Waals surface area contributed by atoms with Gasteiger partial charge in [-0.2, -0.15) is 0 Å². The number of nitrogens with zero attached hydrogens (tertiary/aromatic N) is 1. The van der Waals surface area contributed by atoms with E-state index in [0.717, 1.165) is 10.1 Å². The molecule has 0 saturated heterocycles. The Labute approximate surface area is 126 Å². The summed E-state index contributed by atoms with van der Waals surface area (Å²) in [5.41, 5.74) is 1.84. The molecule has 0 bridgehead atoms. The van der Waals surface area contributed by atoms with Gasteiger partial charge in [0.25, 0.3) is 0 Å². The smallest absolute Gasteiger partial charge is 0.415 e. The quantitative estimate of drug-likeness (QED) is 0.751. The van der Waals surface area contributed by atoms with E-state index in [0.29, 0.717) is 16.5 Å². The van der Waals surface area contributed by atoms with E-state index in [1.807, 2.05) is 30.3 Å². The molecule has 110 valence electrons. The largest absolute Gasteiger partial charge is 0.464 e. The summed E-state index contributed by atoms with van der Waals surface area (Å²) in [6.07, 6.45) is 0.390. The Balaban J connectivity index is 1.78. The van der Waals surface area contributed by atoms with E-state index >= 15 is 0 Å². The van der Waals surface area contributed by atoms with Crippen LogP contribution >= 0.6 is 0 Å². The Morgan fingerprint density at radius 2 is 1.82 bits per heavy atom. The second-order valence-corrected chi connectivity index (χ2v) is 4.80. The predicted octanol–water partition coefficient (Wildman–Crippen LogP) is 3.52. The molecule has 1 heterocycles. The molecule has 5 nitrogen and oxygen atoms in total. The number of rotatable bonds is 3. The van der Waals surface area contributed by atoms with Crippen LogP contribution in [-0.2, 0) is 11.3 Å². The standard InChI is InChI=1S/C17H13NO4/c19-16(22-11-12-4-2-1-3-5-12)14-6-7-15-13(10-14)8-9-18(15)17(20)21/h1-10H,11H2,(H,20,21). The van der Waals surface area contributed by atoms with Gasteiger partial charge in [0.15, 0.2) is 0 Å². The molecule has 0 spiro atoms. The van der Waals surface area contributed by atoms with Crippen LogP contribution in [0.3, 0.4) is 0 Å². The minimum Gasteiger partial charge on any atom is -0.464 e. The molecule has 0 radical (unpaired) electrons. The van der Waals surface area contributed by atoms with Crippen molar-refractivity contribution in [1.29, 1.82) is 0 Å². The first-order valence-corrected chi connectivity index (χ1v) is 6.70. The molecule has 2 aromatic carbocycles. The Hall–Kier alpha value is -3.08. The highest BCUT2D eigenvalue weighted by molar-refractivity contribution is 5.96. The molecule has 22 heavy (non-hydrogen) atoms. The summed E-state index contributed by atoms with van der Waals surface area (Å²) in [5.74, 6) is -0.436. The van der Waals surface area contributed by atoms with E-state index in [1.54, 1.807) is 24.3 Å². The summed E-state index contributed by atoms with van der Waals surface area (Å²) in [4.78, 5) is 23.1. The van der Waals surface area contributed by atoms with Gasteiger partial charge >= 0.3 is 12.1 Å². The average Bonchev–Trinajstić information content (AvgIpc) is 2.97. The van der Waals surface area contributed by atoms with Crippen molar-refractivity contribution >= 4 is 23.0 Å². The van der Waals surface area contributed by atoms with E-state index < -0.39 is 12.1 Å². The third-order valence-electron chi connectivity index (χ3n) is 3.34. The number of hydrogen-bond donors (Lipinski definition) is 1. The molecule has 0 fully saturated rings. The monoisotopic (exact) mass is 295 g/mol. The normalized spacial score (nSPS) is 10.5. The highest BCUT2D eigenvalue weighted by atomic mass is 16.5. The summed E-state index contributed by atoms with van der Waals surface area (Å²) >= 11 is 0. The highest BCUT2D eigenvalue weighted by Gasteiger charge is 2.11. The predicted molar refractivity (Wildman–Crippen MR) is 80.9 cm³/mol. The molecule has 0 aliphatic rings. The third-order valence-corrected chi connectivity index (χ3v) is 3.34. The zero-order valence-corrected chi connectivity index (χ0v) is 11.6. The number of carbonyl (C=O) groups is 2. The molecule has 0 amide bonds. The van der Waals surface area contributed by atoms with Gasteiger partial charge in [-0.3, -0.25) is 4.57 Å². The van der Waals surface area contributed by atoms with Gasteiger partial charge in [-0.25, -0.2) is 9.59 Å². The molecule has 1 aromatic heterocycles. The molecule has 3 aromatic rings. The molecule has 3 rings (SSSR count). The van der Waals surface area contributed by atoms with Gasteiger partial charge in [-0.05, 0) is 29.8 Å². The minimum atomic E-state index is -1.06. The van der Waals surface area contributed by atoms with Crippen LogP contribution in [0.1, 0.15) is 15.9 Å². The van der Waals surface area contributed by atoms with Crippen molar-refractivity contribution in [2.24, 2.45) is 0 Å².